The Kier molecular flexibility index (Phi) is 4.35. The van der Waals surface area contributed by atoms with E-state index in [1.807, 2.05) is 0 Å². The van der Waals surface area contributed by atoms with Crippen LogP contribution in [0.2, 0.25) is 0 Å². The standard InChI is InChI=1S/C6H6O2.H4OSi/c7-5-3-1-2-4-6(5)8;1-2/h1-4,7-8H;1H,2H3. The van der Waals surface area contributed by atoms with Crippen LogP contribution in [0.15, 0.2) is 24.3 Å². The Labute approximate surface area is 62.1 Å². The van der Waals surface area contributed by atoms with Crippen LogP contribution in [-0.2, 0) is 0 Å². The minimum atomic E-state index is -0.0764. The Bertz CT molecular complexity index is 169. The van der Waals surface area contributed by atoms with Crippen molar-refractivity contribution in [3.8, 4) is 11.5 Å². The molecule has 0 spiro atoms. The van der Waals surface area contributed by atoms with E-state index < -0.39 is 0 Å². The maximum atomic E-state index is 8.67. The fourth-order valence-electron chi connectivity index (χ4n) is 0.464. The Morgan fingerprint density at radius 3 is 1.40 bits per heavy atom. The van der Waals surface area contributed by atoms with Crippen molar-refractivity contribution in [2.24, 2.45) is 0 Å². The summed E-state index contributed by atoms with van der Waals surface area (Å²) in [6, 6.07) is 6.15. The number of para-hydroxylation sites is 2. The van der Waals surface area contributed by atoms with Gasteiger partial charge in [0, 0.05) is 0 Å². The monoisotopic (exact) mass is 158 g/mol. The highest BCUT2D eigenvalue weighted by molar-refractivity contribution is 5.95. The van der Waals surface area contributed by atoms with Crippen molar-refractivity contribution >= 4 is 10.5 Å². The Balaban J connectivity index is 0.000000371. The van der Waals surface area contributed by atoms with Gasteiger partial charge in [0.25, 0.3) is 0 Å². The summed E-state index contributed by atoms with van der Waals surface area (Å²) in [5.41, 5.74) is 0. The second kappa shape index (κ2) is 4.84. The second-order valence-corrected chi connectivity index (χ2v) is 1.49. The van der Waals surface area contributed by atoms with E-state index in [0.717, 1.165) is 0 Å². The molecule has 3 N–H and O–H groups in total. The van der Waals surface area contributed by atoms with E-state index >= 15 is 0 Å². The van der Waals surface area contributed by atoms with Gasteiger partial charge in [0.15, 0.2) is 11.5 Å². The number of aromatic hydroxyl groups is 2. The van der Waals surface area contributed by atoms with Gasteiger partial charge < -0.3 is 15.0 Å². The molecule has 0 saturated heterocycles. The molecular formula is C6H10O3Si. The summed E-state index contributed by atoms with van der Waals surface area (Å²) in [6.45, 7) is 0. The lowest BCUT2D eigenvalue weighted by Gasteiger charge is -1.91. The maximum Gasteiger partial charge on any atom is 0.157 e. The molecule has 0 bridgehead atoms. The van der Waals surface area contributed by atoms with Crippen molar-refractivity contribution in [1.29, 1.82) is 0 Å². The van der Waals surface area contributed by atoms with Crippen LogP contribution in [0.4, 0.5) is 0 Å². The fourth-order valence-corrected chi connectivity index (χ4v) is 0.464. The van der Waals surface area contributed by atoms with Gasteiger partial charge in [-0.25, -0.2) is 0 Å². The average molecular weight is 158 g/mol. The number of hydrogen-bond acceptors (Lipinski definition) is 3. The van der Waals surface area contributed by atoms with Crippen molar-refractivity contribution < 1.29 is 15.0 Å². The normalized spacial score (nSPS) is 8.10. The third kappa shape index (κ3) is 2.52. The molecule has 1 aromatic rings. The van der Waals surface area contributed by atoms with E-state index in [1.54, 1.807) is 12.1 Å². The minimum Gasteiger partial charge on any atom is -0.504 e. The van der Waals surface area contributed by atoms with Gasteiger partial charge in [0.05, 0.1) is 0 Å². The molecule has 0 aliphatic rings. The summed E-state index contributed by atoms with van der Waals surface area (Å²) < 4.78 is 0. The molecule has 0 fully saturated rings. The summed E-state index contributed by atoms with van der Waals surface area (Å²) >= 11 is 0. The van der Waals surface area contributed by atoms with Gasteiger partial charge >= 0.3 is 0 Å². The summed E-state index contributed by atoms with van der Waals surface area (Å²) in [5, 5.41) is 17.3. The molecule has 56 valence electrons. The number of benzene rings is 1. The molecule has 0 unspecified atom stereocenters. The second-order valence-electron chi connectivity index (χ2n) is 1.49. The molecule has 1 rings (SSSR count). The molecule has 0 saturated carbocycles. The highest BCUT2D eigenvalue weighted by atomic mass is 28.2. The van der Waals surface area contributed by atoms with Gasteiger partial charge in [-0.2, -0.15) is 0 Å². The third-order valence-corrected chi connectivity index (χ3v) is 0.882. The van der Waals surface area contributed by atoms with Gasteiger partial charge in [-0.1, -0.05) is 12.1 Å². The van der Waals surface area contributed by atoms with Gasteiger partial charge in [-0.3, -0.25) is 0 Å². The molecule has 1 aromatic carbocycles. The lowest BCUT2D eigenvalue weighted by Crippen LogP contribution is -1.63. The van der Waals surface area contributed by atoms with Crippen molar-refractivity contribution in [1.82, 2.24) is 0 Å². The SMILES string of the molecule is O[SiH3].Oc1ccccc1O. The highest BCUT2D eigenvalue weighted by Gasteiger charge is 1.90. The lowest BCUT2D eigenvalue weighted by atomic mass is 10.3. The molecular weight excluding hydrogens is 148 g/mol. The Morgan fingerprint density at radius 2 is 1.20 bits per heavy atom. The van der Waals surface area contributed by atoms with Crippen LogP contribution in [0, 0.1) is 0 Å². The summed E-state index contributed by atoms with van der Waals surface area (Å²) in [6.07, 6.45) is 0. The summed E-state index contributed by atoms with van der Waals surface area (Å²) in [7, 11) is 0.306. The van der Waals surface area contributed by atoms with E-state index in [0.29, 0.717) is 10.5 Å². The van der Waals surface area contributed by atoms with Gasteiger partial charge in [-0.05, 0) is 12.1 Å². The fraction of sp³-hybridized carbons (Fsp3) is 0. The predicted molar refractivity (Wildman–Crippen MR) is 41.9 cm³/mol. The van der Waals surface area contributed by atoms with Gasteiger partial charge in [0.1, 0.15) is 10.5 Å². The van der Waals surface area contributed by atoms with Crippen LogP contribution < -0.4 is 0 Å². The number of phenolic OH excluding ortho intramolecular Hbond substituents is 2. The number of hydrogen-bond donors (Lipinski definition) is 3. The first-order chi connectivity index (χ1) is 4.80. The molecule has 0 aliphatic heterocycles. The molecule has 0 atom stereocenters. The van der Waals surface area contributed by atoms with E-state index in [4.69, 9.17) is 15.0 Å². The van der Waals surface area contributed by atoms with Crippen LogP contribution in [0.25, 0.3) is 0 Å². The smallest absolute Gasteiger partial charge is 0.157 e. The Morgan fingerprint density at radius 1 is 0.900 bits per heavy atom. The summed E-state index contributed by atoms with van der Waals surface area (Å²) in [5.74, 6) is -0.153. The van der Waals surface area contributed by atoms with Crippen molar-refractivity contribution in [2.45, 2.75) is 0 Å². The molecule has 4 heteroatoms. The highest BCUT2D eigenvalue weighted by Crippen LogP contribution is 2.21. The van der Waals surface area contributed by atoms with Crippen molar-refractivity contribution in [3.05, 3.63) is 24.3 Å². The van der Waals surface area contributed by atoms with Crippen molar-refractivity contribution in [2.75, 3.05) is 0 Å². The summed E-state index contributed by atoms with van der Waals surface area (Å²) in [4.78, 5) is 7.14. The van der Waals surface area contributed by atoms with Gasteiger partial charge in [-0.15, -0.1) is 0 Å². The van der Waals surface area contributed by atoms with E-state index in [9.17, 15) is 0 Å². The van der Waals surface area contributed by atoms with Crippen LogP contribution in [-0.4, -0.2) is 25.5 Å². The molecule has 3 nitrogen and oxygen atoms in total. The molecule has 0 radical (unpaired) electrons. The molecule has 0 heterocycles. The first-order valence-corrected chi connectivity index (χ1v) is 3.62. The molecule has 0 amide bonds. The van der Waals surface area contributed by atoms with Crippen LogP contribution >= 0.6 is 0 Å². The zero-order valence-corrected chi connectivity index (χ0v) is 7.65. The molecule has 0 aliphatic carbocycles. The predicted octanol–water partition coefficient (Wildman–Crippen LogP) is -0.643. The number of rotatable bonds is 0. The largest absolute Gasteiger partial charge is 0.504 e. The van der Waals surface area contributed by atoms with E-state index in [2.05, 4.69) is 0 Å². The number of phenols is 2. The molecule has 0 aromatic heterocycles. The van der Waals surface area contributed by atoms with Gasteiger partial charge in [0.2, 0.25) is 0 Å². The first kappa shape index (κ1) is 9.00. The minimum absolute atomic E-state index is 0.0764. The average Bonchev–Trinajstić information content (AvgIpc) is 2.00. The maximum absolute atomic E-state index is 8.67. The molecule has 10 heavy (non-hydrogen) atoms. The third-order valence-electron chi connectivity index (χ3n) is 0.882. The zero-order valence-electron chi connectivity index (χ0n) is 5.65. The van der Waals surface area contributed by atoms with Crippen LogP contribution in [0.5, 0.6) is 11.5 Å². The zero-order chi connectivity index (χ0) is 7.98. The quantitative estimate of drug-likeness (QED) is 0.347. The van der Waals surface area contributed by atoms with E-state index in [-0.39, 0.29) is 11.5 Å². The van der Waals surface area contributed by atoms with Crippen molar-refractivity contribution in [3.63, 3.8) is 0 Å². The topological polar surface area (TPSA) is 60.7 Å². The van der Waals surface area contributed by atoms with Crippen LogP contribution in [0.3, 0.4) is 0 Å². The Hall–Kier alpha value is -1.00. The first-order valence-electron chi connectivity index (χ1n) is 2.72. The lowest BCUT2D eigenvalue weighted by molar-refractivity contribution is 0.404. The van der Waals surface area contributed by atoms with E-state index in [1.165, 1.54) is 12.1 Å². The van der Waals surface area contributed by atoms with Crippen LogP contribution in [0.1, 0.15) is 0 Å².